The zero-order valence-corrected chi connectivity index (χ0v) is 13.3. The van der Waals surface area contributed by atoms with Crippen molar-refractivity contribution >= 4 is 22.1 Å². The Morgan fingerprint density at radius 3 is 2.35 bits per heavy atom. The van der Waals surface area contributed by atoms with Crippen LogP contribution in [0.3, 0.4) is 0 Å². The zero-order valence-electron chi connectivity index (χ0n) is 13.3. The van der Waals surface area contributed by atoms with Crippen LogP contribution in [0.2, 0.25) is 0 Å². The number of hydrogen-bond donors (Lipinski definition) is 1. The van der Waals surface area contributed by atoms with E-state index in [1.54, 1.807) is 33.7 Å². The molecule has 0 unspecified atom stereocenters. The molecule has 0 spiro atoms. The first-order valence-corrected chi connectivity index (χ1v) is 7.16. The topological polar surface area (TPSA) is 52.6 Å². The predicted molar refractivity (Wildman–Crippen MR) is 91.1 cm³/mol. The van der Waals surface area contributed by atoms with Crippen LogP contribution in [0.5, 0.6) is 17.2 Å². The Morgan fingerprint density at radius 2 is 1.70 bits per heavy atom. The summed E-state index contributed by atoms with van der Waals surface area (Å²) in [6.45, 7) is 0. The van der Waals surface area contributed by atoms with Crippen molar-refractivity contribution in [2.24, 2.45) is 0 Å². The number of aromatic nitrogens is 1. The molecule has 3 aromatic rings. The number of ether oxygens (including phenoxy) is 3. The molecule has 0 radical (unpaired) electrons. The molecule has 1 N–H and O–H groups in total. The Kier molecular flexibility index (Phi) is 4.19. The summed E-state index contributed by atoms with van der Waals surface area (Å²) < 4.78 is 16.2. The maximum Gasteiger partial charge on any atom is 0.184 e. The van der Waals surface area contributed by atoms with E-state index in [1.807, 2.05) is 36.4 Å². The second-order valence-corrected chi connectivity index (χ2v) is 4.94. The maximum absolute atomic E-state index is 5.56. The number of pyridine rings is 1. The van der Waals surface area contributed by atoms with Gasteiger partial charge in [-0.25, -0.2) is 0 Å². The average Bonchev–Trinajstić information content (AvgIpc) is 2.62. The molecule has 0 saturated heterocycles. The second-order valence-electron chi connectivity index (χ2n) is 4.94. The molecule has 0 atom stereocenters. The molecule has 118 valence electrons. The van der Waals surface area contributed by atoms with Gasteiger partial charge in [-0.2, -0.15) is 0 Å². The van der Waals surface area contributed by atoms with Gasteiger partial charge in [0.1, 0.15) is 5.75 Å². The summed E-state index contributed by atoms with van der Waals surface area (Å²) in [6, 6.07) is 11.6. The monoisotopic (exact) mass is 310 g/mol. The molecule has 0 fully saturated rings. The first kappa shape index (κ1) is 15.0. The SMILES string of the molecule is COc1ccc(Nc2c(OC)c(OC)cc3cnccc23)cc1. The number of hydrogen-bond acceptors (Lipinski definition) is 5. The summed E-state index contributed by atoms with van der Waals surface area (Å²) in [7, 11) is 4.90. The summed E-state index contributed by atoms with van der Waals surface area (Å²) in [5.74, 6) is 2.12. The van der Waals surface area contributed by atoms with Crippen LogP contribution >= 0.6 is 0 Å². The van der Waals surface area contributed by atoms with Crippen molar-refractivity contribution in [2.45, 2.75) is 0 Å². The number of benzene rings is 2. The van der Waals surface area contributed by atoms with E-state index in [0.717, 1.165) is 27.9 Å². The molecule has 23 heavy (non-hydrogen) atoms. The highest BCUT2D eigenvalue weighted by Gasteiger charge is 2.15. The van der Waals surface area contributed by atoms with E-state index >= 15 is 0 Å². The lowest BCUT2D eigenvalue weighted by Crippen LogP contribution is -1.99. The van der Waals surface area contributed by atoms with Gasteiger partial charge in [-0.05, 0) is 36.4 Å². The summed E-state index contributed by atoms with van der Waals surface area (Å²) in [4.78, 5) is 4.17. The van der Waals surface area contributed by atoms with E-state index in [1.165, 1.54) is 0 Å². The summed E-state index contributed by atoms with van der Waals surface area (Å²) in [6.07, 6.45) is 3.56. The third-order valence-corrected chi connectivity index (χ3v) is 3.64. The first-order chi connectivity index (χ1) is 11.3. The van der Waals surface area contributed by atoms with Gasteiger partial charge in [0, 0.05) is 28.9 Å². The largest absolute Gasteiger partial charge is 0.497 e. The van der Waals surface area contributed by atoms with E-state index in [0.29, 0.717) is 11.5 Å². The number of nitrogens with one attached hydrogen (secondary N) is 1. The van der Waals surface area contributed by atoms with Crippen LogP contribution in [0, 0.1) is 0 Å². The number of methoxy groups -OCH3 is 3. The van der Waals surface area contributed by atoms with Gasteiger partial charge in [0.25, 0.3) is 0 Å². The van der Waals surface area contributed by atoms with Crippen molar-refractivity contribution in [1.29, 1.82) is 0 Å². The highest BCUT2D eigenvalue weighted by Crippen LogP contribution is 2.42. The zero-order chi connectivity index (χ0) is 16.2. The van der Waals surface area contributed by atoms with E-state index in [9.17, 15) is 0 Å². The van der Waals surface area contributed by atoms with Crippen molar-refractivity contribution in [3.63, 3.8) is 0 Å². The van der Waals surface area contributed by atoms with Gasteiger partial charge in [0.15, 0.2) is 11.5 Å². The normalized spacial score (nSPS) is 10.4. The third-order valence-electron chi connectivity index (χ3n) is 3.64. The molecule has 1 heterocycles. The van der Waals surface area contributed by atoms with Crippen LogP contribution in [0.25, 0.3) is 10.8 Å². The minimum atomic E-state index is 0.655. The number of rotatable bonds is 5. The molecule has 0 aliphatic heterocycles. The highest BCUT2D eigenvalue weighted by atomic mass is 16.5. The van der Waals surface area contributed by atoms with Gasteiger partial charge in [0.05, 0.1) is 27.0 Å². The smallest absolute Gasteiger partial charge is 0.184 e. The lowest BCUT2D eigenvalue weighted by Gasteiger charge is -2.17. The summed E-state index contributed by atoms with van der Waals surface area (Å²) >= 11 is 0. The van der Waals surface area contributed by atoms with Crippen LogP contribution in [0.15, 0.2) is 48.8 Å². The van der Waals surface area contributed by atoms with Gasteiger partial charge in [-0.15, -0.1) is 0 Å². The minimum absolute atomic E-state index is 0.655. The van der Waals surface area contributed by atoms with Crippen molar-refractivity contribution in [3.05, 3.63) is 48.8 Å². The van der Waals surface area contributed by atoms with Crippen LogP contribution in [-0.2, 0) is 0 Å². The van der Waals surface area contributed by atoms with Gasteiger partial charge in [0.2, 0.25) is 0 Å². The van der Waals surface area contributed by atoms with E-state index in [2.05, 4.69) is 10.3 Å². The van der Waals surface area contributed by atoms with Crippen molar-refractivity contribution in [1.82, 2.24) is 4.98 Å². The Labute approximate surface area is 134 Å². The van der Waals surface area contributed by atoms with Crippen LogP contribution in [0.4, 0.5) is 11.4 Å². The predicted octanol–water partition coefficient (Wildman–Crippen LogP) is 4.00. The van der Waals surface area contributed by atoms with Crippen LogP contribution in [-0.4, -0.2) is 26.3 Å². The fraction of sp³-hybridized carbons (Fsp3) is 0.167. The standard InChI is InChI=1S/C18H18N2O3/c1-21-14-6-4-13(5-7-14)20-17-15-8-9-19-11-12(15)10-16(22-2)18(17)23-3/h4-11,20H,1-3H3. The summed E-state index contributed by atoms with van der Waals surface area (Å²) in [5.41, 5.74) is 1.77. The molecular weight excluding hydrogens is 292 g/mol. The molecule has 5 nitrogen and oxygen atoms in total. The molecule has 0 bridgehead atoms. The van der Waals surface area contributed by atoms with E-state index < -0.39 is 0 Å². The fourth-order valence-electron chi connectivity index (χ4n) is 2.50. The van der Waals surface area contributed by atoms with Gasteiger partial charge in [-0.3, -0.25) is 4.98 Å². The van der Waals surface area contributed by atoms with Crippen LogP contribution in [0.1, 0.15) is 0 Å². The number of nitrogens with zero attached hydrogens (tertiary/aromatic N) is 1. The lowest BCUT2D eigenvalue weighted by atomic mass is 10.1. The molecule has 0 saturated carbocycles. The Morgan fingerprint density at radius 1 is 0.913 bits per heavy atom. The molecule has 0 aliphatic rings. The number of anilines is 2. The fourth-order valence-corrected chi connectivity index (χ4v) is 2.50. The molecule has 0 amide bonds. The summed E-state index contributed by atoms with van der Waals surface area (Å²) in [5, 5.41) is 5.39. The molecular formula is C18H18N2O3. The van der Waals surface area contributed by atoms with E-state index in [4.69, 9.17) is 14.2 Å². The van der Waals surface area contributed by atoms with E-state index in [-0.39, 0.29) is 0 Å². The average molecular weight is 310 g/mol. The Bertz CT molecular complexity index is 816. The van der Waals surface area contributed by atoms with Crippen molar-refractivity contribution in [3.8, 4) is 17.2 Å². The van der Waals surface area contributed by atoms with Gasteiger partial charge < -0.3 is 19.5 Å². The van der Waals surface area contributed by atoms with Crippen molar-refractivity contribution < 1.29 is 14.2 Å². The molecule has 3 rings (SSSR count). The molecule has 0 aliphatic carbocycles. The molecule has 1 aromatic heterocycles. The van der Waals surface area contributed by atoms with Crippen molar-refractivity contribution in [2.75, 3.05) is 26.6 Å². The van der Waals surface area contributed by atoms with Gasteiger partial charge >= 0.3 is 0 Å². The minimum Gasteiger partial charge on any atom is -0.497 e. The van der Waals surface area contributed by atoms with Crippen LogP contribution < -0.4 is 19.5 Å². The molecule has 2 aromatic carbocycles. The Balaban J connectivity index is 2.13. The van der Waals surface area contributed by atoms with Gasteiger partial charge in [-0.1, -0.05) is 0 Å². The third kappa shape index (κ3) is 2.85. The second kappa shape index (κ2) is 6.44. The number of fused-ring (bicyclic) bond motifs is 1. The maximum atomic E-state index is 5.56. The lowest BCUT2D eigenvalue weighted by molar-refractivity contribution is 0.357. The Hall–Kier alpha value is -2.95. The molecule has 5 heteroatoms. The highest BCUT2D eigenvalue weighted by molar-refractivity contribution is 6.00. The quantitative estimate of drug-likeness (QED) is 0.772. The first-order valence-electron chi connectivity index (χ1n) is 7.16.